The molecule has 0 bridgehead atoms. The van der Waals surface area contributed by atoms with Crippen molar-refractivity contribution in [1.29, 1.82) is 0 Å². The predicted molar refractivity (Wildman–Crippen MR) is 153 cm³/mol. The van der Waals surface area contributed by atoms with Crippen molar-refractivity contribution in [3.05, 3.63) is 61.2 Å². The highest BCUT2D eigenvalue weighted by molar-refractivity contribution is 5.69. The number of benzene rings is 1. The fraction of sp³-hybridized carbons (Fsp3) is 0.613. The maximum Gasteiger partial charge on any atom is 0.410 e. The van der Waals surface area contributed by atoms with Gasteiger partial charge in [0.15, 0.2) is 6.29 Å². The van der Waals surface area contributed by atoms with E-state index < -0.39 is 30.4 Å². The van der Waals surface area contributed by atoms with Gasteiger partial charge in [-0.15, -0.1) is 13.2 Å². The Hall–Kier alpha value is -2.88. The van der Waals surface area contributed by atoms with Gasteiger partial charge < -0.3 is 34.3 Å². The SMILES string of the molecule is C=CCCCCCCCCOC(=O)N(CC=C)CC(O)C(Cc1ccccc1)NC(=O)O[C@H]1CO[C@H]2OCC[C@H]21. The van der Waals surface area contributed by atoms with E-state index >= 15 is 0 Å². The quantitative estimate of drug-likeness (QED) is 0.193. The maximum absolute atomic E-state index is 12.9. The number of carbonyl (C=O) groups is 2. The summed E-state index contributed by atoms with van der Waals surface area (Å²) >= 11 is 0. The summed E-state index contributed by atoms with van der Waals surface area (Å²) < 4.78 is 22.2. The van der Waals surface area contributed by atoms with Gasteiger partial charge in [0, 0.05) is 6.54 Å². The van der Waals surface area contributed by atoms with Crippen molar-refractivity contribution in [1.82, 2.24) is 10.2 Å². The highest BCUT2D eigenvalue weighted by Crippen LogP contribution is 2.33. The Balaban J connectivity index is 1.50. The van der Waals surface area contributed by atoms with Crippen LogP contribution in [0.2, 0.25) is 0 Å². The number of rotatable bonds is 18. The fourth-order valence-electron chi connectivity index (χ4n) is 5.10. The van der Waals surface area contributed by atoms with E-state index in [-0.39, 0.29) is 31.9 Å². The highest BCUT2D eigenvalue weighted by Gasteiger charge is 2.44. The Morgan fingerprint density at radius 1 is 1.07 bits per heavy atom. The Labute approximate surface area is 238 Å². The van der Waals surface area contributed by atoms with E-state index in [1.54, 1.807) is 6.08 Å². The van der Waals surface area contributed by atoms with Crippen molar-refractivity contribution in [2.45, 2.75) is 82.3 Å². The summed E-state index contributed by atoms with van der Waals surface area (Å²) in [5.41, 5.74) is 0.933. The number of nitrogens with one attached hydrogen (secondary N) is 1. The van der Waals surface area contributed by atoms with Gasteiger partial charge in [0.05, 0.1) is 44.4 Å². The number of ether oxygens (including phenoxy) is 4. The average Bonchev–Trinajstić information content (AvgIpc) is 3.57. The van der Waals surface area contributed by atoms with Gasteiger partial charge in [-0.2, -0.15) is 0 Å². The molecule has 2 fully saturated rings. The molecule has 2 unspecified atom stereocenters. The van der Waals surface area contributed by atoms with Crippen LogP contribution in [-0.4, -0.2) is 79.6 Å². The number of amides is 2. The molecule has 2 N–H and O–H groups in total. The lowest BCUT2D eigenvalue weighted by molar-refractivity contribution is -0.0907. The largest absolute Gasteiger partial charge is 0.449 e. The van der Waals surface area contributed by atoms with Crippen LogP contribution in [-0.2, 0) is 25.4 Å². The molecule has 0 spiro atoms. The first-order valence-corrected chi connectivity index (χ1v) is 14.6. The van der Waals surface area contributed by atoms with E-state index in [4.69, 9.17) is 18.9 Å². The number of alkyl carbamates (subject to hydrolysis) is 1. The minimum absolute atomic E-state index is 0.0124. The highest BCUT2D eigenvalue weighted by atomic mass is 16.7. The predicted octanol–water partition coefficient (Wildman–Crippen LogP) is 4.99. The molecule has 2 aliphatic heterocycles. The molecule has 0 radical (unpaired) electrons. The zero-order chi connectivity index (χ0) is 28.6. The van der Waals surface area contributed by atoms with Gasteiger partial charge in [0.2, 0.25) is 0 Å². The number of carbonyl (C=O) groups excluding carboxylic acids is 2. The molecule has 40 heavy (non-hydrogen) atoms. The van der Waals surface area contributed by atoms with E-state index in [0.717, 1.165) is 44.1 Å². The molecule has 0 saturated carbocycles. The van der Waals surface area contributed by atoms with Crippen LogP contribution in [0.1, 0.15) is 56.9 Å². The summed E-state index contributed by atoms with van der Waals surface area (Å²) in [5.74, 6) is 0.0124. The summed E-state index contributed by atoms with van der Waals surface area (Å²) in [4.78, 5) is 27.1. The number of unbranched alkanes of at least 4 members (excludes halogenated alkanes) is 6. The first kappa shape index (κ1) is 31.6. The van der Waals surface area contributed by atoms with Crippen molar-refractivity contribution < 1.29 is 33.6 Å². The normalized spacial score (nSPS) is 21.2. The van der Waals surface area contributed by atoms with E-state index in [0.29, 0.717) is 19.6 Å². The second-order valence-electron chi connectivity index (χ2n) is 10.5. The van der Waals surface area contributed by atoms with Crippen molar-refractivity contribution in [2.75, 3.05) is 32.9 Å². The second kappa shape index (κ2) is 17.7. The van der Waals surface area contributed by atoms with E-state index in [1.165, 1.54) is 17.7 Å². The first-order chi connectivity index (χ1) is 19.5. The molecule has 2 saturated heterocycles. The minimum Gasteiger partial charge on any atom is -0.449 e. The molecule has 2 aliphatic rings. The fourth-order valence-corrected chi connectivity index (χ4v) is 5.10. The molecule has 9 nitrogen and oxygen atoms in total. The third-order valence-corrected chi connectivity index (χ3v) is 7.35. The van der Waals surface area contributed by atoms with Gasteiger partial charge in [-0.25, -0.2) is 9.59 Å². The van der Waals surface area contributed by atoms with Crippen LogP contribution in [0.3, 0.4) is 0 Å². The van der Waals surface area contributed by atoms with Crippen molar-refractivity contribution in [2.24, 2.45) is 5.92 Å². The molecule has 2 amide bonds. The van der Waals surface area contributed by atoms with E-state index in [1.807, 2.05) is 36.4 Å². The molecule has 1 aromatic rings. The van der Waals surface area contributed by atoms with Crippen LogP contribution < -0.4 is 5.32 Å². The number of aliphatic hydroxyl groups is 1. The lowest BCUT2D eigenvalue weighted by Gasteiger charge is -2.29. The summed E-state index contributed by atoms with van der Waals surface area (Å²) in [6.45, 7) is 8.85. The number of hydrogen-bond donors (Lipinski definition) is 2. The lowest BCUT2D eigenvalue weighted by atomic mass is 10.0. The maximum atomic E-state index is 12.9. The smallest absolute Gasteiger partial charge is 0.410 e. The molecule has 5 atom stereocenters. The molecule has 1 aromatic carbocycles. The van der Waals surface area contributed by atoms with Crippen molar-refractivity contribution >= 4 is 12.2 Å². The van der Waals surface area contributed by atoms with Gasteiger partial charge in [-0.1, -0.05) is 68.2 Å². The Bertz CT molecular complexity index is 912. The van der Waals surface area contributed by atoms with Crippen LogP contribution >= 0.6 is 0 Å². The third-order valence-electron chi connectivity index (χ3n) is 7.35. The number of allylic oxidation sites excluding steroid dienone is 1. The standard InChI is InChI=1S/C31H46N2O7/c1-3-5-6-7-8-9-10-14-19-38-31(36)33(18-4-2)22-27(34)26(21-24-15-12-11-13-16-24)32-30(35)40-28-23-39-29-25(28)17-20-37-29/h3-4,11-13,15-16,25-29,34H,1-2,5-10,14,17-23H2,(H,32,35)/t25-,26?,27?,28-,29+/m0/s1. The molecule has 0 aliphatic carbocycles. The van der Waals surface area contributed by atoms with Crippen LogP contribution in [0, 0.1) is 5.92 Å². The van der Waals surface area contributed by atoms with Crippen LogP contribution in [0.15, 0.2) is 55.6 Å². The Morgan fingerprint density at radius 3 is 2.58 bits per heavy atom. The molecular weight excluding hydrogens is 512 g/mol. The van der Waals surface area contributed by atoms with Gasteiger partial charge in [-0.3, -0.25) is 0 Å². The summed E-state index contributed by atoms with van der Waals surface area (Å²) in [5, 5.41) is 14.0. The van der Waals surface area contributed by atoms with Gasteiger partial charge >= 0.3 is 12.2 Å². The van der Waals surface area contributed by atoms with E-state index in [2.05, 4.69) is 18.5 Å². The number of hydrogen-bond acceptors (Lipinski definition) is 7. The number of nitrogens with zero attached hydrogens (tertiary/aromatic N) is 1. The van der Waals surface area contributed by atoms with Gasteiger partial charge in [-0.05, 0) is 37.7 Å². The molecule has 222 valence electrons. The summed E-state index contributed by atoms with van der Waals surface area (Å²) in [6, 6.07) is 8.85. The average molecular weight is 559 g/mol. The summed E-state index contributed by atoms with van der Waals surface area (Å²) in [6.07, 6.45) is 9.18. The van der Waals surface area contributed by atoms with Crippen molar-refractivity contribution in [3.8, 4) is 0 Å². The molecule has 0 aromatic heterocycles. The zero-order valence-electron chi connectivity index (χ0n) is 23.6. The Morgan fingerprint density at radius 2 is 1.82 bits per heavy atom. The second-order valence-corrected chi connectivity index (χ2v) is 10.5. The van der Waals surface area contributed by atoms with Crippen LogP contribution in [0.5, 0.6) is 0 Å². The lowest BCUT2D eigenvalue weighted by Crippen LogP contribution is -2.51. The number of fused-ring (bicyclic) bond motifs is 1. The monoisotopic (exact) mass is 558 g/mol. The zero-order valence-corrected chi connectivity index (χ0v) is 23.6. The van der Waals surface area contributed by atoms with Gasteiger partial charge in [0.25, 0.3) is 0 Å². The topological polar surface area (TPSA) is 107 Å². The summed E-state index contributed by atoms with van der Waals surface area (Å²) in [7, 11) is 0. The van der Waals surface area contributed by atoms with Crippen molar-refractivity contribution in [3.63, 3.8) is 0 Å². The van der Waals surface area contributed by atoms with Crippen LogP contribution in [0.25, 0.3) is 0 Å². The third kappa shape index (κ3) is 10.6. The first-order valence-electron chi connectivity index (χ1n) is 14.6. The molecule has 3 rings (SSSR count). The van der Waals surface area contributed by atoms with E-state index in [9.17, 15) is 14.7 Å². The minimum atomic E-state index is -1.07. The van der Waals surface area contributed by atoms with Crippen LogP contribution in [0.4, 0.5) is 9.59 Å². The molecular formula is C31H46N2O7. The molecule has 9 heteroatoms. The number of aliphatic hydroxyl groups excluding tert-OH is 1. The molecule has 2 heterocycles. The van der Waals surface area contributed by atoms with Gasteiger partial charge in [0.1, 0.15) is 6.10 Å². The Kier molecular flexibility index (Phi) is 14.0.